The van der Waals surface area contributed by atoms with E-state index >= 15 is 0 Å². The molecule has 0 aromatic rings. The van der Waals surface area contributed by atoms with Gasteiger partial charge in [-0.25, -0.2) is 4.79 Å². The normalized spacial score (nSPS) is 14.2. The molecular formula is C12H23NO3. The third kappa shape index (κ3) is 5.73. The monoisotopic (exact) mass is 229 g/mol. The topological polar surface area (TPSA) is 66.4 Å². The highest BCUT2D eigenvalue weighted by molar-refractivity contribution is 5.84. The van der Waals surface area contributed by atoms with E-state index in [-0.39, 0.29) is 11.8 Å². The fourth-order valence-corrected chi connectivity index (χ4v) is 1.54. The molecule has 0 saturated carbocycles. The van der Waals surface area contributed by atoms with E-state index in [9.17, 15) is 9.59 Å². The van der Waals surface area contributed by atoms with Gasteiger partial charge in [-0.2, -0.15) is 0 Å². The minimum Gasteiger partial charge on any atom is -0.480 e. The van der Waals surface area contributed by atoms with Crippen LogP contribution in [0.4, 0.5) is 0 Å². The maximum atomic E-state index is 11.6. The maximum absolute atomic E-state index is 11.6. The van der Waals surface area contributed by atoms with E-state index in [1.165, 1.54) is 0 Å². The number of amides is 1. The SMILES string of the molecule is CCCC[C@H](NC(=O)C(C)CCC)C(=O)O. The first kappa shape index (κ1) is 14.9. The first-order chi connectivity index (χ1) is 7.52. The van der Waals surface area contributed by atoms with E-state index in [2.05, 4.69) is 5.32 Å². The lowest BCUT2D eigenvalue weighted by Crippen LogP contribution is -2.43. The van der Waals surface area contributed by atoms with Gasteiger partial charge in [0.2, 0.25) is 5.91 Å². The molecule has 94 valence electrons. The number of carbonyl (C=O) groups excluding carboxylic acids is 1. The van der Waals surface area contributed by atoms with Crippen molar-refractivity contribution in [3.63, 3.8) is 0 Å². The first-order valence-corrected chi connectivity index (χ1v) is 6.06. The third-order valence-corrected chi connectivity index (χ3v) is 2.63. The Morgan fingerprint density at radius 1 is 1.19 bits per heavy atom. The highest BCUT2D eigenvalue weighted by Gasteiger charge is 2.21. The Labute approximate surface area is 97.4 Å². The Bertz CT molecular complexity index is 228. The van der Waals surface area contributed by atoms with E-state index in [4.69, 9.17) is 5.11 Å². The van der Waals surface area contributed by atoms with Gasteiger partial charge in [-0.15, -0.1) is 0 Å². The average molecular weight is 229 g/mol. The fraction of sp³-hybridized carbons (Fsp3) is 0.833. The summed E-state index contributed by atoms with van der Waals surface area (Å²) in [7, 11) is 0. The van der Waals surface area contributed by atoms with Gasteiger partial charge in [0.05, 0.1) is 0 Å². The molecule has 0 aromatic heterocycles. The van der Waals surface area contributed by atoms with Crippen molar-refractivity contribution >= 4 is 11.9 Å². The average Bonchev–Trinajstić information content (AvgIpc) is 2.23. The van der Waals surface area contributed by atoms with Crippen LogP contribution >= 0.6 is 0 Å². The number of rotatable bonds is 8. The van der Waals surface area contributed by atoms with Gasteiger partial charge in [0.25, 0.3) is 0 Å². The molecule has 4 nitrogen and oxygen atoms in total. The van der Waals surface area contributed by atoms with Crippen LogP contribution in [0.5, 0.6) is 0 Å². The molecule has 0 aliphatic carbocycles. The van der Waals surface area contributed by atoms with Crippen molar-refractivity contribution in [2.75, 3.05) is 0 Å². The summed E-state index contributed by atoms with van der Waals surface area (Å²) in [6.45, 7) is 5.84. The molecule has 0 bridgehead atoms. The van der Waals surface area contributed by atoms with E-state index in [1.807, 2.05) is 20.8 Å². The maximum Gasteiger partial charge on any atom is 0.326 e. The summed E-state index contributed by atoms with van der Waals surface area (Å²) in [6.07, 6.45) is 3.99. The van der Waals surface area contributed by atoms with E-state index in [1.54, 1.807) is 0 Å². The summed E-state index contributed by atoms with van der Waals surface area (Å²) in [6, 6.07) is -0.730. The van der Waals surface area contributed by atoms with Crippen molar-refractivity contribution in [2.45, 2.75) is 58.9 Å². The fourth-order valence-electron chi connectivity index (χ4n) is 1.54. The van der Waals surface area contributed by atoms with Crippen molar-refractivity contribution in [2.24, 2.45) is 5.92 Å². The van der Waals surface area contributed by atoms with Crippen molar-refractivity contribution < 1.29 is 14.7 Å². The molecule has 2 N–H and O–H groups in total. The number of carboxylic acid groups (broad SMARTS) is 1. The van der Waals surface area contributed by atoms with Crippen LogP contribution in [0.2, 0.25) is 0 Å². The van der Waals surface area contributed by atoms with Crippen molar-refractivity contribution in [1.29, 1.82) is 0 Å². The number of unbranched alkanes of at least 4 members (excludes halogenated alkanes) is 1. The predicted molar refractivity (Wildman–Crippen MR) is 63.2 cm³/mol. The van der Waals surface area contributed by atoms with Crippen LogP contribution in [0.1, 0.15) is 52.9 Å². The molecule has 0 rings (SSSR count). The second-order valence-electron chi connectivity index (χ2n) is 4.23. The molecule has 0 fully saturated rings. The number of carboxylic acids is 1. The lowest BCUT2D eigenvalue weighted by Gasteiger charge is -2.17. The Hall–Kier alpha value is -1.06. The summed E-state index contributed by atoms with van der Waals surface area (Å²) in [4.78, 5) is 22.5. The summed E-state index contributed by atoms with van der Waals surface area (Å²) >= 11 is 0. The smallest absolute Gasteiger partial charge is 0.326 e. The van der Waals surface area contributed by atoms with Crippen LogP contribution in [-0.2, 0) is 9.59 Å². The summed E-state index contributed by atoms with van der Waals surface area (Å²) in [5.74, 6) is -1.19. The highest BCUT2D eigenvalue weighted by atomic mass is 16.4. The van der Waals surface area contributed by atoms with Gasteiger partial charge in [0.15, 0.2) is 0 Å². The zero-order valence-electron chi connectivity index (χ0n) is 10.5. The van der Waals surface area contributed by atoms with Crippen LogP contribution in [-0.4, -0.2) is 23.0 Å². The molecule has 1 unspecified atom stereocenters. The van der Waals surface area contributed by atoms with Gasteiger partial charge >= 0.3 is 5.97 Å². The highest BCUT2D eigenvalue weighted by Crippen LogP contribution is 2.07. The molecule has 4 heteroatoms. The Kier molecular flexibility index (Phi) is 7.60. The van der Waals surface area contributed by atoms with E-state index < -0.39 is 12.0 Å². The molecule has 0 aliphatic heterocycles. The number of nitrogens with one attached hydrogen (secondary N) is 1. The van der Waals surface area contributed by atoms with Gasteiger partial charge in [0.1, 0.15) is 6.04 Å². The van der Waals surface area contributed by atoms with Gasteiger partial charge < -0.3 is 10.4 Å². The Balaban J connectivity index is 4.17. The van der Waals surface area contributed by atoms with E-state index in [0.29, 0.717) is 6.42 Å². The third-order valence-electron chi connectivity index (χ3n) is 2.63. The van der Waals surface area contributed by atoms with Crippen molar-refractivity contribution in [1.82, 2.24) is 5.32 Å². The zero-order valence-corrected chi connectivity index (χ0v) is 10.5. The standard InChI is InChI=1S/C12H23NO3/c1-4-6-8-10(12(15)16)13-11(14)9(3)7-5-2/h9-10H,4-8H2,1-3H3,(H,13,14)(H,15,16)/t9?,10-/m0/s1. The van der Waals surface area contributed by atoms with Crippen molar-refractivity contribution in [3.8, 4) is 0 Å². The lowest BCUT2D eigenvalue weighted by atomic mass is 10.0. The summed E-state index contributed by atoms with van der Waals surface area (Å²) in [5, 5.41) is 11.5. The summed E-state index contributed by atoms with van der Waals surface area (Å²) < 4.78 is 0. The minimum absolute atomic E-state index is 0.103. The van der Waals surface area contributed by atoms with Gasteiger partial charge in [-0.05, 0) is 12.8 Å². The molecule has 0 aromatic carbocycles. The Morgan fingerprint density at radius 3 is 2.25 bits per heavy atom. The zero-order chi connectivity index (χ0) is 12.6. The molecule has 16 heavy (non-hydrogen) atoms. The van der Waals surface area contributed by atoms with Gasteiger partial charge in [-0.1, -0.05) is 40.0 Å². The van der Waals surface area contributed by atoms with Crippen LogP contribution in [0.15, 0.2) is 0 Å². The molecule has 0 heterocycles. The van der Waals surface area contributed by atoms with Crippen LogP contribution in [0.25, 0.3) is 0 Å². The van der Waals surface area contributed by atoms with Gasteiger partial charge in [-0.3, -0.25) is 4.79 Å². The van der Waals surface area contributed by atoms with Crippen LogP contribution < -0.4 is 5.32 Å². The predicted octanol–water partition coefficient (Wildman–Crippen LogP) is 2.18. The van der Waals surface area contributed by atoms with Gasteiger partial charge in [0, 0.05) is 5.92 Å². The van der Waals surface area contributed by atoms with Crippen LogP contribution in [0.3, 0.4) is 0 Å². The largest absolute Gasteiger partial charge is 0.480 e. The molecule has 0 saturated heterocycles. The van der Waals surface area contributed by atoms with Crippen molar-refractivity contribution in [3.05, 3.63) is 0 Å². The molecule has 1 amide bonds. The lowest BCUT2D eigenvalue weighted by molar-refractivity contribution is -0.142. The second kappa shape index (κ2) is 8.13. The Morgan fingerprint density at radius 2 is 1.81 bits per heavy atom. The molecule has 0 spiro atoms. The first-order valence-electron chi connectivity index (χ1n) is 6.06. The molecule has 0 radical (unpaired) electrons. The molecule has 2 atom stereocenters. The number of carbonyl (C=O) groups is 2. The number of hydrogen-bond acceptors (Lipinski definition) is 2. The molecular weight excluding hydrogens is 206 g/mol. The molecule has 0 aliphatic rings. The second-order valence-corrected chi connectivity index (χ2v) is 4.23. The number of aliphatic carboxylic acids is 1. The van der Waals surface area contributed by atoms with Crippen LogP contribution in [0, 0.1) is 5.92 Å². The number of hydrogen-bond donors (Lipinski definition) is 2. The summed E-state index contributed by atoms with van der Waals surface area (Å²) in [5.41, 5.74) is 0. The van der Waals surface area contributed by atoms with E-state index in [0.717, 1.165) is 25.7 Å². The quantitative estimate of drug-likeness (QED) is 0.670. The minimum atomic E-state index is -0.939.